The van der Waals surface area contributed by atoms with E-state index in [2.05, 4.69) is 69.1 Å². The molecule has 2 N–H and O–H groups in total. The van der Waals surface area contributed by atoms with Gasteiger partial charge in [0, 0.05) is 33.6 Å². The van der Waals surface area contributed by atoms with Crippen molar-refractivity contribution in [1.29, 1.82) is 0 Å². The molecule has 0 radical (unpaired) electrons. The van der Waals surface area contributed by atoms with Gasteiger partial charge in [-0.15, -0.1) is 5.10 Å². The summed E-state index contributed by atoms with van der Waals surface area (Å²) in [6, 6.07) is 17.7. The first-order chi connectivity index (χ1) is 13.9. The maximum absolute atomic E-state index is 4.14. The molecule has 0 atom stereocenters. The lowest BCUT2D eigenvalue weighted by Gasteiger charge is -2.23. The number of piperidine rings is 1. The summed E-state index contributed by atoms with van der Waals surface area (Å²) in [5.74, 6) is 0.661. The minimum atomic E-state index is 0.661. The summed E-state index contributed by atoms with van der Waals surface area (Å²) in [5, 5.41) is 14.2. The van der Waals surface area contributed by atoms with Crippen LogP contribution in [0.2, 0.25) is 0 Å². The lowest BCUT2D eigenvalue weighted by atomic mass is 9.89. The average Bonchev–Trinajstić information content (AvgIpc) is 3.37. The molecule has 0 unspecified atom stereocenters. The van der Waals surface area contributed by atoms with Gasteiger partial charge in [0.1, 0.15) is 0 Å². The maximum Gasteiger partial charge on any atom is 0.0865 e. The summed E-state index contributed by atoms with van der Waals surface area (Å²) in [6.07, 6.45) is 6.26. The van der Waals surface area contributed by atoms with Crippen LogP contribution in [0, 0.1) is 0 Å². The van der Waals surface area contributed by atoms with Gasteiger partial charge in [0.05, 0.1) is 17.2 Å². The highest BCUT2D eigenvalue weighted by molar-refractivity contribution is 6.12. The molecule has 0 bridgehead atoms. The molecule has 28 heavy (non-hydrogen) atoms. The highest BCUT2D eigenvalue weighted by Crippen LogP contribution is 2.35. The number of hydrogen-bond acceptors (Lipinski definition) is 3. The molecule has 0 amide bonds. The Morgan fingerprint density at radius 1 is 0.964 bits per heavy atom. The van der Waals surface area contributed by atoms with Crippen molar-refractivity contribution in [2.24, 2.45) is 0 Å². The zero-order chi connectivity index (χ0) is 18.5. The van der Waals surface area contributed by atoms with Crippen molar-refractivity contribution in [1.82, 2.24) is 25.1 Å². The number of nitrogens with zero attached hydrogens (tertiary/aromatic N) is 3. The van der Waals surface area contributed by atoms with Gasteiger partial charge >= 0.3 is 0 Å². The van der Waals surface area contributed by atoms with Gasteiger partial charge in [0.2, 0.25) is 0 Å². The van der Waals surface area contributed by atoms with Crippen molar-refractivity contribution < 1.29 is 0 Å². The number of hydrogen-bond donors (Lipinski definition) is 2. The predicted molar refractivity (Wildman–Crippen MR) is 113 cm³/mol. The molecule has 1 saturated heterocycles. The molecule has 5 nitrogen and oxygen atoms in total. The van der Waals surface area contributed by atoms with Gasteiger partial charge in [-0.05, 0) is 55.6 Å². The number of rotatable bonds is 2. The highest BCUT2D eigenvalue weighted by Gasteiger charge is 2.17. The number of nitrogens with one attached hydrogen (secondary N) is 2. The number of aromatic amines is 1. The summed E-state index contributed by atoms with van der Waals surface area (Å²) in [7, 11) is 0. The zero-order valence-corrected chi connectivity index (χ0v) is 15.5. The Labute approximate surface area is 162 Å². The van der Waals surface area contributed by atoms with Crippen molar-refractivity contribution in [3.8, 4) is 11.1 Å². The molecule has 0 spiro atoms. The van der Waals surface area contributed by atoms with Crippen molar-refractivity contribution in [3.05, 3.63) is 66.5 Å². The molecular weight excluding hydrogens is 346 g/mol. The largest absolute Gasteiger partial charge is 0.354 e. The molecule has 3 aromatic heterocycles. The third-order valence-electron chi connectivity index (χ3n) is 6.08. The second-order valence-electron chi connectivity index (χ2n) is 7.70. The van der Waals surface area contributed by atoms with Gasteiger partial charge in [-0.1, -0.05) is 35.5 Å². The van der Waals surface area contributed by atoms with Crippen molar-refractivity contribution >= 4 is 27.3 Å². The van der Waals surface area contributed by atoms with E-state index in [9.17, 15) is 0 Å². The first-order valence-corrected chi connectivity index (χ1v) is 9.92. The van der Waals surface area contributed by atoms with Crippen LogP contribution in [-0.2, 0) is 0 Å². The van der Waals surface area contributed by atoms with Crippen LogP contribution in [0.1, 0.15) is 24.3 Å². The third kappa shape index (κ3) is 2.43. The van der Waals surface area contributed by atoms with Gasteiger partial charge < -0.3 is 10.3 Å². The highest BCUT2D eigenvalue weighted by atomic mass is 15.4. The van der Waals surface area contributed by atoms with Crippen LogP contribution in [0.4, 0.5) is 0 Å². The topological polar surface area (TPSA) is 58.0 Å². The van der Waals surface area contributed by atoms with Crippen LogP contribution in [0.5, 0.6) is 0 Å². The molecule has 138 valence electrons. The number of aromatic nitrogens is 4. The van der Waals surface area contributed by atoms with Crippen LogP contribution in [0.25, 0.3) is 38.4 Å². The zero-order valence-electron chi connectivity index (χ0n) is 15.5. The second kappa shape index (κ2) is 6.17. The summed E-state index contributed by atoms with van der Waals surface area (Å²) >= 11 is 0. The quantitative estimate of drug-likeness (QED) is 0.483. The van der Waals surface area contributed by atoms with Gasteiger partial charge in [0.25, 0.3) is 0 Å². The molecule has 0 aliphatic carbocycles. The number of pyridine rings is 1. The number of fused-ring (bicyclic) bond motifs is 4. The Bertz CT molecular complexity index is 1310. The summed E-state index contributed by atoms with van der Waals surface area (Å²) in [4.78, 5) is 3.66. The van der Waals surface area contributed by atoms with E-state index in [-0.39, 0.29) is 0 Å². The summed E-state index contributed by atoms with van der Waals surface area (Å²) in [6.45, 7) is 2.23. The lowest BCUT2D eigenvalue weighted by Crippen LogP contribution is -2.26. The fourth-order valence-corrected chi connectivity index (χ4v) is 4.57. The fraction of sp³-hybridized carbons (Fsp3) is 0.217. The van der Waals surface area contributed by atoms with E-state index < -0.39 is 0 Å². The van der Waals surface area contributed by atoms with Gasteiger partial charge in [0.15, 0.2) is 0 Å². The van der Waals surface area contributed by atoms with Crippen LogP contribution in [0.15, 0.2) is 60.9 Å². The minimum absolute atomic E-state index is 0.661. The first-order valence-electron chi connectivity index (χ1n) is 9.92. The fourth-order valence-electron chi connectivity index (χ4n) is 4.57. The van der Waals surface area contributed by atoms with Gasteiger partial charge in [-0.25, -0.2) is 4.52 Å². The Kier molecular flexibility index (Phi) is 3.49. The average molecular weight is 367 g/mol. The lowest BCUT2D eigenvalue weighted by molar-refractivity contribution is 0.460. The molecule has 1 aliphatic heterocycles. The summed E-state index contributed by atoms with van der Waals surface area (Å²) in [5.41, 5.74) is 7.16. The molecule has 4 heterocycles. The third-order valence-corrected chi connectivity index (χ3v) is 6.08. The monoisotopic (exact) mass is 367 g/mol. The van der Waals surface area contributed by atoms with E-state index in [0.717, 1.165) is 24.2 Å². The predicted octanol–water partition coefficient (Wildman–Crippen LogP) is 4.50. The first kappa shape index (κ1) is 15.8. The van der Waals surface area contributed by atoms with Crippen LogP contribution >= 0.6 is 0 Å². The normalized spacial score (nSPS) is 15.7. The molecule has 5 heteroatoms. The van der Waals surface area contributed by atoms with Crippen molar-refractivity contribution in [2.75, 3.05) is 13.1 Å². The molecule has 2 aromatic carbocycles. The Balaban J connectivity index is 1.53. The summed E-state index contributed by atoms with van der Waals surface area (Å²) < 4.78 is 1.83. The molecule has 1 aliphatic rings. The van der Waals surface area contributed by atoms with E-state index in [1.807, 2.05) is 10.7 Å². The Morgan fingerprint density at radius 3 is 2.82 bits per heavy atom. The van der Waals surface area contributed by atoms with E-state index in [0.29, 0.717) is 5.92 Å². The molecular formula is C23H21N5. The SMILES string of the molecule is c1cc(-c2ccc3cnnn3c2)c2[nH]c3ccc(C4CCNCC4)cc3c2c1. The van der Waals surface area contributed by atoms with Crippen LogP contribution in [0.3, 0.4) is 0 Å². The van der Waals surface area contributed by atoms with Crippen LogP contribution in [-0.4, -0.2) is 32.9 Å². The van der Waals surface area contributed by atoms with Crippen LogP contribution < -0.4 is 5.32 Å². The van der Waals surface area contributed by atoms with Crippen molar-refractivity contribution in [2.45, 2.75) is 18.8 Å². The number of para-hydroxylation sites is 1. The Hall–Kier alpha value is -3.18. The second-order valence-corrected chi connectivity index (χ2v) is 7.70. The smallest absolute Gasteiger partial charge is 0.0865 e. The number of H-pyrrole nitrogens is 1. The molecule has 6 rings (SSSR count). The molecule has 0 saturated carbocycles. The van der Waals surface area contributed by atoms with E-state index >= 15 is 0 Å². The van der Waals surface area contributed by atoms with E-state index in [1.54, 1.807) is 6.20 Å². The van der Waals surface area contributed by atoms with E-state index in [1.165, 1.54) is 45.8 Å². The van der Waals surface area contributed by atoms with Gasteiger partial charge in [-0.2, -0.15) is 0 Å². The molecule has 5 aromatic rings. The Morgan fingerprint density at radius 2 is 1.89 bits per heavy atom. The maximum atomic E-state index is 4.14. The standard InChI is InChI=1S/C23H21N5/c1-2-19(17-4-6-18-13-25-27-28(18)14-17)23-20(3-1)21-12-16(5-7-22(21)26-23)15-8-10-24-11-9-15/h1-7,12-15,24,26H,8-11H2. The van der Waals surface area contributed by atoms with E-state index in [4.69, 9.17) is 0 Å². The minimum Gasteiger partial charge on any atom is -0.354 e. The van der Waals surface area contributed by atoms with Gasteiger partial charge in [-0.3, -0.25) is 0 Å². The number of benzene rings is 2. The molecule has 1 fully saturated rings. The van der Waals surface area contributed by atoms with Crippen molar-refractivity contribution in [3.63, 3.8) is 0 Å².